The Morgan fingerprint density at radius 3 is 2.12 bits per heavy atom. The van der Waals surface area contributed by atoms with Crippen molar-refractivity contribution < 1.29 is 4.12 Å². The Labute approximate surface area is 54.5 Å². The van der Waals surface area contributed by atoms with Gasteiger partial charge in [-0.05, 0) is 19.6 Å². The maximum absolute atomic E-state index is 5.42. The Morgan fingerprint density at radius 1 is 1.50 bits per heavy atom. The van der Waals surface area contributed by atoms with E-state index < -0.39 is 8.32 Å². The lowest BCUT2D eigenvalue weighted by Crippen LogP contribution is -2.30. The van der Waals surface area contributed by atoms with Gasteiger partial charge in [-0.2, -0.15) is 0 Å². The summed E-state index contributed by atoms with van der Waals surface area (Å²) in [5, 5.41) is 0. The zero-order valence-electron chi connectivity index (χ0n) is 5.69. The van der Waals surface area contributed by atoms with Crippen molar-refractivity contribution in [3.63, 3.8) is 0 Å². The molecular weight excluding hydrogens is 134 g/mol. The summed E-state index contributed by atoms with van der Waals surface area (Å²) >= 11 is 0. The second-order valence-electron chi connectivity index (χ2n) is 2.56. The van der Waals surface area contributed by atoms with Crippen molar-refractivity contribution in [1.29, 1.82) is 0 Å². The first-order chi connectivity index (χ1) is 3.56. The molecule has 0 amide bonds. The molecule has 2 nitrogen and oxygen atoms in total. The Hall–Kier alpha value is 0.354. The van der Waals surface area contributed by atoms with Crippen LogP contribution < -0.4 is 5.73 Å². The van der Waals surface area contributed by atoms with Crippen LogP contribution >= 0.6 is 0 Å². The van der Waals surface area contributed by atoms with Gasteiger partial charge in [0.05, 0.1) is 0 Å². The van der Waals surface area contributed by atoms with Crippen LogP contribution in [-0.4, -0.2) is 24.2 Å². The highest BCUT2D eigenvalue weighted by Gasteiger charge is 2.12. The highest BCUT2D eigenvalue weighted by Crippen LogP contribution is 1.99. The Balaban J connectivity index is 3.11. The quantitative estimate of drug-likeness (QED) is 0.586. The van der Waals surface area contributed by atoms with Gasteiger partial charge in [0.2, 0.25) is 9.76 Å². The predicted octanol–water partition coefficient (Wildman–Crippen LogP) is 0.373. The van der Waals surface area contributed by atoms with Gasteiger partial charge in [-0.1, -0.05) is 0 Å². The lowest BCUT2D eigenvalue weighted by molar-refractivity contribution is 0.596. The number of rotatable bonds is 3. The molecule has 2 N–H and O–H groups in total. The molecular formula is C4H13NOSi2. The molecule has 0 saturated heterocycles. The minimum atomic E-state index is -1.25. The first-order valence-corrected chi connectivity index (χ1v) is 7.19. The molecule has 0 unspecified atom stereocenters. The summed E-state index contributed by atoms with van der Waals surface area (Å²) in [5.74, 6) is 0. The topological polar surface area (TPSA) is 35.2 Å². The summed E-state index contributed by atoms with van der Waals surface area (Å²) < 4.78 is 5.42. The van der Waals surface area contributed by atoms with E-state index in [2.05, 4.69) is 19.6 Å². The van der Waals surface area contributed by atoms with Crippen LogP contribution in [0.25, 0.3) is 0 Å². The summed E-state index contributed by atoms with van der Waals surface area (Å²) in [5.41, 5.74) is 5.25. The van der Waals surface area contributed by atoms with E-state index in [-0.39, 0.29) is 0 Å². The fraction of sp³-hybridized carbons (Fsp3) is 1.00. The standard InChI is InChI=1S/C4H13NOSi2/c1-8(2,3)6-7-4-5/h4-5H2,1-3H3. The van der Waals surface area contributed by atoms with Crippen LogP contribution in [0, 0.1) is 0 Å². The molecule has 48 valence electrons. The lowest BCUT2D eigenvalue weighted by atomic mass is 11.5. The molecule has 0 aliphatic rings. The highest BCUT2D eigenvalue weighted by atomic mass is 28.4. The Bertz CT molecular complexity index is 61.5. The minimum absolute atomic E-state index is 0.506. The van der Waals surface area contributed by atoms with Crippen molar-refractivity contribution in [1.82, 2.24) is 0 Å². The van der Waals surface area contributed by atoms with Gasteiger partial charge in [0.1, 0.15) is 0 Å². The van der Waals surface area contributed by atoms with Gasteiger partial charge in [-0.25, -0.2) is 0 Å². The normalized spacial score (nSPS) is 12.0. The SMILES string of the molecule is C[Si](C)(C)O[Si]CN. The summed E-state index contributed by atoms with van der Waals surface area (Å²) in [7, 11) is -0.740. The zero-order chi connectivity index (χ0) is 6.62. The average molecular weight is 147 g/mol. The van der Waals surface area contributed by atoms with Crippen LogP contribution in [0.15, 0.2) is 0 Å². The van der Waals surface area contributed by atoms with Crippen LogP contribution in [0.1, 0.15) is 0 Å². The predicted molar refractivity (Wildman–Crippen MR) is 39.2 cm³/mol. The van der Waals surface area contributed by atoms with E-state index in [9.17, 15) is 0 Å². The molecule has 0 aromatic heterocycles. The number of hydrogen-bond acceptors (Lipinski definition) is 2. The minimum Gasteiger partial charge on any atom is -0.456 e. The summed E-state index contributed by atoms with van der Waals surface area (Å²) in [6, 6.07) is 0. The fourth-order valence-electron chi connectivity index (χ4n) is 0.258. The fourth-order valence-corrected chi connectivity index (χ4v) is 2.32. The molecule has 0 aliphatic heterocycles. The van der Waals surface area contributed by atoms with Crippen molar-refractivity contribution in [2.45, 2.75) is 19.6 Å². The Morgan fingerprint density at radius 2 is 2.00 bits per heavy atom. The van der Waals surface area contributed by atoms with Gasteiger partial charge in [-0.15, -0.1) is 0 Å². The van der Waals surface area contributed by atoms with Gasteiger partial charge in [-0.3, -0.25) is 0 Å². The van der Waals surface area contributed by atoms with Crippen molar-refractivity contribution in [3.05, 3.63) is 0 Å². The summed E-state index contributed by atoms with van der Waals surface area (Å²) in [6.07, 6.45) is 0.671. The van der Waals surface area contributed by atoms with Gasteiger partial charge >= 0.3 is 0 Å². The number of nitrogens with two attached hydrogens (primary N) is 1. The molecule has 0 aliphatic carbocycles. The third-order valence-corrected chi connectivity index (χ3v) is 3.66. The molecule has 0 rings (SSSR count). The highest BCUT2D eigenvalue weighted by molar-refractivity contribution is 6.73. The molecule has 0 saturated carbocycles. The van der Waals surface area contributed by atoms with Gasteiger partial charge < -0.3 is 9.85 Å². The van der Waals surface area contributed by atoms with E-state index in [4.69, 9.17) is 9.85 Å². The molecule has 0 spiro atoms. The second kappa shape index (κ2) is 3.39. The van der Waals surface area contributed by atoms with Gasteiger partial charge in [0, 0.05) is 6.17 Å². The maximum atomic E-state index is 5.42. The summed E-state index contributed by atoms with van der Waals surface area (Å²) in [6.45, 7) is 6.49. The van der Waals surface area contributed by atoms with Crippen LogP contribution in [0.4, 0.5) is 0 Å². The molecule has 0 atom stereocenters. The van der Waals surface area contributed by atoms with Gasteiger partial charge in [0.25, 0.3) is 0 Å². The van der Waals surface area contributed by atoms with Crippen molar-refractivity contribution in [2.75, 3.05) is 6.17 Å². The third kappa shape index (κ3) is 6.35. The smallest absolute Gasteiger partial charge is 0.230 e. The van der Waals surface area contributed by atoms with E-state index in [0.29, 0.717) is 15.9 Å². The van der Waals surface area contributed by atoms with Crippen LogP contribution in [0.5, 0.6) is 0 Å². The lowest BCUT2D eigenvalue weighted by Gasteiger charge is -2.15. The molecule has 4 heteroatoms. The molecule has 0 heterocycles. The van der Waals surface area contributed by atoms with Crippen molar-refractivity contribution >= 4 is 18.1 Å². The summed E-state index contributed by atoms with van der Waals surface area (Å²) in [4.78, 5) is 0. The first kappa shape index (κ1) is 8.35. The van der Waals surface area contributed by atoms with Crippen LogP contribution in [0.2, 0.25) is 19.6 Å². The van der Waals surface area contributed by atoms with E-state index >= 15 is 0 Å². The van der Waals surface area contributed by atoms with E-state index in [1.54, 1.807) is 0 Å². The molecule has 0 aromatic rings. The van der Waals surface area contributed by atoms with Crippen molar-refractivity contribution in [2.24, 2.45) is 5.73 Å². The van der Waals surface area contributed by atoms with Crippen LogP contribution in [0.3, 0.4) is 0 Å². The third-order valence-electron chi connectivity index (χ3n) is 0.462. The molecule has 0 aromatic carbocycles. The van der Waals surface area contributed by atoms with Crippen LogP contribution in [-0.2, 0) is 4.12 Å². The van der Waals surface area contributed by atoms with E-state index in [1.165, 1.54) is 0 Å². The van der Waals surface area contributed by atoms with E-state index in [0.717, 1.165) is 0 Å². The van der Waals surface area contributed by atoms with E-state index in [1.807, 2.05) is 0 Å². The average Bonchev–Trinajstić information content (AvgIpc) is 1.59. The number of hydrogen-bond donors (Lipinski definition) is 1. The van der Waals surface area contributed by atoms with Gasteiger partial charge in [0.15, 0.2) is 8.32 Å². The monoisotopic (exact) mass is 147 g/mol. The molecule has 2 radical (unpaired) electrons. The second-order valence-corrected chi connectivity index (χ2v) is 8.30. The molecule has 0 bridgehead atoms. The first-order valence-electron chi connectivity index (χ1n) is 2.67. The molecule has 8 heavy (non-hydrogen) atoms. The Kier molecular flexibility index (Phi) is 3.54. The maximum Gasteiger partial charge on any atom is 0.230 e. The largest absolute Gasteiger partial charge is 0.456 e. The van der Waals surface area contributed by atoms with Crippen molar-refractivity contribution in [3.8, 4) is 0 Å². The molecule has 0 fully saturated rings. The zero-order valence-corrected chi connectivity index (χ0v) is 7.69.